The molecule has 1 aromatic heterocycles. The van der Waals surface area contributed by atoms with Gasteiger partial charge >= 0.3 is 0 Å². The van der Waals surface area contributed by atoms with Crippen molar-refractivity contribution in [3.8, 4) is 0 Å². The Balaban J connectivity index is 0.00000264. The lowest BCUT2D eigenvalue weighted by molar-refractivity contribution is -0.126. The molecule has 0 aliphatic heterocycles. The van der Waals surface area contributed by atoms with Gasteiger partial charge in [0, 0.05) is 20.0 Å². The second-order valence-corrected chi connectivity index (χ2v) is 5.87. The Morgan fingerprint density at radius 2 is 2.08 bits per heavy atom. The summed E-state index contributed by atoms with van der Waals surface area (Å²) in [5, 5.41) is 2.83. The number of para-hydroxylation sites is 1. The number of aryl methyl sites for hydroxylation is 1. The van der Waals surface area contributed by atoms with Gasteiger partial charge in [0.05, 0.1) is 11.1 Å². The van der Waals surface area contributed by atoms with Gasteiger partial charge in [0.15, 0.2) is 5.82 Å². The Bertz CT molecular complexity index is 688. The molecule has 2 rings (SSSR count). The van der Waals surface area contributed by atoms with Gasteiger partial charge in [-0.1, -0.05) is 19.4 Å². The van der Waals surface area contributed by atoms with Crippen molar-refractivity contribution in [2.24, 2.45) is 12.8 Å². The number of carbonyl (C=O) groups excluding carboxylic acids is 1. The standard InChI is InChI=1S/C16H23FN4O.2ClH/c1-4-9-16(2,18)15(22)19-10-8-13-20-14-11(17)6-5-7-12(14)21(13)3;;/h5-7H,4,8-10,18H2,1-3H3,(H,19,22);2*1H. The maximum absolute atomic E-state index is 13.7. The predicted octanol–water partition coefficient (Wildman–Crippen LogP) is 2.73. The summed E-state index contributed by atoms with van der Waals surface area (Å²) in [6, 6.07) is 4.88. The predicted molar refractivity (Wildman–Crippen MR) is 99.4 cm³/mol. The molecule has 0 radical (unpaired) electrons. The number of aromatic nitrogens is 2. The second-order valence-electron chi connectivity index (χ2n) is 5.87. The zero-order chi connectivity index (χ0) is 16.3. The van der Waals surface area contributed by atoms with Crippen molar-refractivity contribution in [2.75, 3.05) is 6.54 Å². The minimum Gasteiger partial charge on any atom is -0.354 e. The van der Waals surface area contributed by atoms with Crippen LogP contribution in [0.15, 0.2) is 18.2 Å². The Labute approximate surface area is 154 Å². The minimum atomic E-state index is -0.854. The van der Waals surface area contributed by atoms with E-state index in [1.54, 1.807) is 13.0 Å². The molecule has 0 fully saturated rings. The van der Waals surface area contributed by atoms with Crippen LogP contribution in [0.5, 0.6) is 0 Å². The third-order valence-electron chi connectivity index (χ3n) is 3.88. The fourth-order valence-electron chi connectivity index (χ4n) is 2.57. The third-order valence-corrected chi connectivity index (χ3v) is 3.88. The van der Waals surface area contributed by atoms with Crippen LogP contribution in [0.4, 0.5) is 4.39 Å². The molecule has 0 saturated carbocycles. The quantitative estimate of drug-likeness (QED) is 0.811. The van der Waals surface area contributed by atoms with Crippen molar-refractivity contribution in [1.82, 2.24) is 14.9 Å². The molecule has 0 aliphatic carbocycles. The van der Waals surface area contributed by atoms with E-state index in [1.165, 1.54) is 6.07 Å². The lowest BCUT2D eigenvalue weighted by atomic mass is 9.96. The van der Waals surface area contributed by atoms with Gasteiger partial charge in [-0.05, 0) is 25.5 Å². The van der Waals surface area contributed by atoms with Crippen molar-refractivity contribution >= 4 is 41.8 Å². The van der Waals surface area contributed by atoms with Crippen LogP contribution in [0.1, 0.15) is 32.5 Å². The van der Waals surface area contributed by atoms with Crippen LogP contribution in [0.2, 0.25) is 0 Å². The van der Waals surface area contributed by atoms with E-state index in [4.69, 9.17) is 5.73 Å². The molecule has 1 aromatic carbocycles. The monoisotopic (exact) mass is 378 g/mol. The highest BCUT2D eigenvalue weighted by molar-refractivity contribution is 5.86. The molecule has 8 heteroatoms. The lowest BCUT2D eigenvalue weighted by Crippen LogP contribution is -2.51. The number of amides is 1. The van der Waals surface area contributed by atoms with Crippen LogP contribution < -0.4 is 11.1 Å². The SMILES string of the molecule is CCCC(C)(N)C(=O)NCCc1nc2c(F)cccc2n1C.Cl.Cl. The number of hydrogen-bond donors (Lipinski definition) is 2. The van der Waals surface area contributed by atoms with Crippen molar-refractivity contribution in [3.63, 3.8) is 0 Å². The van der Waals surface area contributed by atoms with E-state index in [0.29, 0.717) is 24.9 Å². The van der Waals surface area contributed by atoms with E-state index in [-0.39, 0.29) is 36.5 Å². The van der Waals surface area contributed by atoms with Crippen molar-refractivity contribution < 1.29 is 9.18 Å². The van der Waals surface area contributed by atoms with Crippen LogP contribution >= 0.6 is 24.8 Å². The van der Waals surface area contributed by atoms with Crippen LogP contribution in [0.3, 0.4) is 0 Å². The Hall–Kier alpha value is -1.37. The molecule has 0 aliphatic rings. The summed E-state index contributed by atoms with van der Waals surface area (Å²) >= 11 is 0. The summed E-state index contributed by atoms with van der Waals surface area (Å²) in [7, 11) is 1.84. The van der Waals surface area contributed by atoms with Gasteiger partial charge in [0.1, 0.15) is 11.3 Å². The third kappa shape index (κ3) is 4.82. The molecule has 3 N–H and O–H groups in total. The molecule has 1 heterocycles. The summed E-state index contributed by atoms with van der Waals surface area (Å²) in [5.41, 5.74) is 6.23. The summed E-state index contributed by atoms with van der Waals surface area (Å²) < 4.78 is 15.6. The van der Waals surface area contributed by atoms with E-state index in [1.807, 2.05) is 24.6 Å². The molecular formula is C16H25Cl2FN4O. The molecule has 1 amide bonds. The number of fused-ring (bicyclic) bond motifs is 1. The molecule has 1 unspecified atom stereocenters. The molecule has 24 heavy (non-hydrogen) atoms. The number of nitrogens with zero attached hydrogens (tertiary/aromatic N) is 2. The van der Waals surface area contributed by atoms with Crippen molar-refractivity contribution in [3.05, 3.63) is 29.8 Å². The normalized spacial score (nSPS) is 12.9. The number of halogens is 3. The fourth-order valence-corrected chi connectivity index (χ4v) is 2.57. The number of carbonyl (C=O) groups is 1. The first-order valence-electron chi connectivity index (χ1n) is 7.54. The van der Waals surface area contributed by atoms with E-state index >= 15 is 0 Å². The van der Waals surface area contributed by atoms with Gasteiger partial charge in [-0.2, -0.15) is 0 Å². The van der Waals surface area contributed by atoms with Crippen molar-refractivity contribution in [2.45, 2.75) is 38.6 Å². The highest BCUT2D eigenvalue weighted by Gasteiger charge is 2.26. The molecule has 1 atom stereocenters. The highest BCUT2D eigenvalue weighted by Crippen LogP contribution is 2.18. The largest absolute Gasteiger partial charge is 0.354 e. The van der Waals surface area contributed by atoms with Gasteiger partial charge in [-0.25, -0.2) is 9.37 Å². The van der Waals surface area contributed by atoms with Crippen molar-refractivity contribution in [1.29, 1.82) is 0 Å². The van der Waals surface area contributed by atoms with Crippen LogP contribution in [0, 0.1) is 5.82 Å². The summed E-state index contributed by atoms with van der Waals surface area (Å²) in [4.78, 5) is 16.3. The molecule has 0 bridgehead atoms. The number of hydrogen-bond acceptors (Lipinski definition) is 3. The first-order chi connectivity index (χ1) is 10.4. The van der Waals surface area contributed by atoms with Crippen LogP contribution in [0.25, 0.3) is 11.0 Å². The highest BCUT2D eigenvalue weighted by atomic mass is 35.5. The molecule has 0 saturated heterocycles. The number of rotatable bonds is 6. The topological polar surface area (TPSA) is 72.9 Å². The van der Waals surface area contributed by atoms with E-state index in [2.05, 4.69) is 10.3 Å². The van der Waals surface area contributed by atoms with Gasteiger partial charge < -0.3 is 15.6 Å². The lowest BCUT2D eigenvalue weighted by Gasteiger charge is -2.22. The van der Waals surface area contributed by atoms with Gasteiger partial charge in [0.2, 0.25) is 5.91 Å². The smallest absolute Gasteiger partial charge is 0.239 e. The van der Waals surface area contributed by atoms with E-state index in [0.717, 1.165) is 17.8 Å². The molecule has 2 aromatic rings. The maximum Gasteiger partial charge on any atom is 0.239 e. The van der Waals surface area contributed by atoms with Gasteiger partial charge in [0.25, 0.3) is 0 Å². The summed E-state index contributed by atoms with van der Waals surface area (Å²) in [6.45, 7) is 4.15. The Kier molecular flexibility index (Phi) is 8.68. The van der Waals surface area contributed by atoms with Crippen LogP contribution in [-0.2, 0) is 18.3 Å². The zero-order valence-corrected chi connectivity index (χ0v) is 15.8. The first kappa shape index (κ1) is 22.6. The van der Waals surface area contributed by atoms with E-state index < -0.39 is 5.54 Å². The second kappa shape index (κ2) is 9.20. The van der Waals surface area contributed by atoms with Crippen LogP contribution in [-0.4, -0.2) is 27.5 Å². The summed E-state index contributed by atoms with van der Waals surface area (Å²) in [5.74, 6) is 0.231. The molecule has 136 valence electrons. The first-order valence-corrected chi connectivity index (χ1v) is 7.54. The van der Waals surface area contributed by atoms with Gasteiger partial charge in [-0.15, -0.1) is 24.8 Å². The zero-order valence-electron chi connectivity index (χ0n) is 14.1. The van der Waals surface area contributed by atoms with E-state index in [9.17, 15) is 9.18 Å². The summed E-state index contributed by atoms with van der Waals surface area (Å²) in [6.07, 6.45) is 2.01. The Morgan fingerprint density at radius 3 is 2.67 bits per heavy atom. The number of benzene rings is 1. The number of nitrogens with two attached hydrogens (primary N) is 1. The maximum atomic E-state index is 13.7. The molecule has 5 nitrogen and oxygen atoms in total. The molecule has 0 spiro atoms. The number of imidazole rings is 1. The molecular weight excluding hydrogens is 354 g/mol. The van der Waals surface area contributed by atoms with Gasteiger partial charge in [-0.3, -0.25) is 4.79 Å². The number of nitrogens with one attached hydrogen (secondary N) is 1. The fraction of sp³-hybridized carbons (Fsp3) is 0.500. The average molecular weight is 379 g/mol. The Morgan fingerprint density at radius 1 is 1.42 bits per heavy atom. The minimum absolute atomic E-state index is 0. The average Bonchev–Trinajstić information content (AvgIpc) is 2.77.